The van der Waals surface area contributed by atoms with Gasteiger partial charge in [0.15, 0.2) is 0 Å². The Morgan fingerprint density at radius 1 is 1.27 bits per heavy atom. The number of aryl methyl sites for hydroxylation is 1. The molecule has 2 N–H and O–H groups in total. The van der Waals surface area contributed by atoms with Gasteiger partial charge in [-0.3, -0.25) is 9.78 Å². The molecule has 0 amide bonds. The van der Waals surface area contributed by atoms with Crippen LogP contribution in [0, 0.1) is 5.82 Å². The lowest BCUT2D eigenvalue weighted by Gasteiger charge is -2.09. The largest absolute Gasteiger partial charge is 0.303 e. The zero-order valence-corrected chi connectivity index (χ0v) is 12.5. The van der Waals surface area contributed by atoms with Crippen molar-refractivity contribution in [1.29, 1.82) is 0 Å². The number of benzene rings is 1. The van der Waals surface area contributed by atoms with Gasteiger partial charge < -0.3 is 5.32 Å². The smallest absolute Gasteiger partial charge is 0.123 e. The van der Waals surface area contributed by atoms with Crippen LogP contribution in [-0.4, -0.2) is 20.0 Å². The lowest BCUT2D eigenvalue weighted by molar-refractivity contribution is 0.545. The molecule has 114 valence electrons. The highest BCUT2D eigenvalue weighted by molar-refractivity contribution is 5.58. The molecule has 3 rings (SSSR count). The molecule has 0 aliphatic heterocycles. The molecular weight excluding hydrogens is 281 g/mol. The van der Waals surface area contributed by atoms with Gasteiger partial charge in [-0.25, -0.2) is 4.39 Å². The average molecular weight is 299 g/mol. The van der Waals surface area contributed by atoms with Crippen LogP contribution in [0.3, 0.4) is 0 Å². The highest BCUT2D eigenvalue weighted by Crippen LogP contribution is 2.18. The van der Waals surface area contributed by atoms with Crippen molar-refractivity contribution in [3.63, 3.8) is 0 Å². The van der Waals surface area contributed by atoms with E-state index in [2.05, 4.69) is 27.5 Å². The van der Waals surface area contributed by atoms with Gasteiger partial charge in [0, 0.05) is 37.1 Å². The number of nitrogens with one attached hydrogen (secondary N) is 2. The summed E-state index contributed by atoms with van der Waals surface area (Å²) in [6, 6.07) is 10.4. The Kier molecular flexibility index (Phi) is 4.02. The summed E-state index contributed by atoms with van der Waals surface area (Å²) in [4.78, 5) is 0. The first kappa shape index (κ1) is 14.5. The Labute approximate surface area is 128 Å². The molecule has 2 heterocycles. The van der Waals surface area contributed by atoms with Gasteiger partial charge in [0.05, 0.1) is 11.4 Å². The highest BCUT2D eigenvalue weighted by atomic mass is 19.1. The standard InChI is InChI=1S/C16H18FN5/c1-11(15-7-8-22(2)21-15)18-10-14-9-16(20-19-14)12-3-5-13(17)6-4-12/h3-9,11,18H,10H2,1-2H3,(H,19,20). The number of rotatable bonds is 5. The summed E-state index contributed by atoms with van der Waals surface area (Å²) in [6.07, 6.45) is 1.93. The Bertz CT molecular complexity index is 744. The molecule has 3 aromatic rings. The Hall–Kier alpha value is -2.47. The third-order valence-electron chi connectivity index (χ3n) is 3.55. The van der Waals surface area contributed by atoms with E-state index in [0.717, 1.165) is 22.6 Å². The van der Waals surface area contributed by atoms with E-state index in [1.165, 1.54) is 12.1 Å². The second-order valence-electron chi connectivity index (χ2n) is 5.30. The number of hydrogen-bond donors (Lipinski definition) is 2. The van der Waals surface area contributed by atoms with Crippen molar-refractivity contribution in [3.05, 3.63) is 59.8 Å². The van der Waals surface area contributed by atoms with Crippen LogP contribution in [0.2, 0.25) is 0 Å². The van der Waals surface area contributed by atoms with Crippen LogP contribution in [0.25, 0.3) is 11.3 Å². The number of halogens is 1. The van der Waals surface area contributed by atoms with E-state index in [1.54, 1.807) is 16.8 Å². The summed E-state index contributed by atoms with van der Waals surface area (Å²) in [5, 5.41) is 15.0. The fourth-order valence-corrected chi connectivity index (χ4v) is 2.25. The molecule has 0 radical (unpaired) electrons. The van der Waals surface area contributed by atoms with Crippen molar-refractivity contribution in [2.75, 3.05) is 0 Å². The quantitative estimate of drug-likeness (QED) is 0.761. The average Bonchev–Trinajstić information content (AvgIpc) is 3.15. The Morgan fingerprint density at radius 2 is 2.05 bits per heavy atom. The van der Waals surface area contributed by atoms with Crippen molar-refractivity contribution >= 4 is 0 Å². The maximum absolute atomic E-state index is 12.9. The third kappa shape index (κ3) is 3.23. The molecule has 0 aliphatic carbocycles. The number of aromatic amines is 1. The van der Waals surface area contributed by atoms with Crippen LogP contribution in [0.1, 0.15) is 24.4 Å². The van der Waals surface area contributed by atoms with E-state index >= 15 is 0 Å². The second-order valence-corrected chi connectivity index (χ2v) is 5.30. The summed E-state index contributed by atoms with van der Waals surface area (Å²) >= 11 is 0. The molecule has 0 spiro atoms. The van der Waals surface area contributed by atoms with Crippen molar-refractivity contribution in [2.24, 2.45) is 7.05 Å². The highest BCUT2D eigenvalue weighted by Gasteiger charge is 2.09. The molecule has 0 bridgehead atoms. The minimum atomic E-state index is -0.245. The number of aromatic nitrogens is 4. The van der Waals surface area contributed by atoms with Gasteiger partial charge in [0.25, 0.3) is 0 Å². The molecule has 1 aromatic carbocycles. The molecule has 0 aliphatic rings. The van der Waals surface area contributed by atoms with Crippen molar-refractivity contribution < 1.29 is 4.39 Å². The lowest BCUT2D eigenvalue weighted by atomic mass is 10.1. The van der Waals surface area contributed by atoms with Crippen molar-refractivity contribution in [2.45, 2.75) is 19.5 Å². The molecule has 2 aromatic heterocycles. The van der Waals surface area contributed by atoms with E-state index in [1.807, 2.05) is 25.4 Å². The molecule has 1 atom stereocenters. The van der Waals surface area contributed by atoms with Crippen LogP contribution in [0.15, 0.2) is 42.6 Å². The first-order valence-corrected chi connectivity index (χ1v) is 7.15. The van der Waals surface area contributed by atoms with Gasteiger partial charge in [0.2, 0.25) is 0 Å². The summed E-state index contributed by atoms with van der Waals surface area (Å²) in [6.45, 7) is 2.73. The molecule has 0 saturated heterocycles. The fraction of sp³-hybridized carbons (Fsp3) is 0.250. The van der Waals surface area contributed by atoms with Crippen LogP contribution < -0.4 is 5.32 Å². The van der Waals surface area contributed by atoms with Gasteiger partial charge >= 0.3 is 0 Å². The maximum Gasteiger partial charge on any atom is 0.123 e. The van der Waals surface area contributed by atoms with Gasteiger partial charge in [0.1, 0.15) is 5.82 Å². The fourth-order valence-electron chi connectivity index (χ4n) is 2.25. The zero-order chi connectivity index (χ0) is 15.5. The van der Waals surface area contributed by atoms with Gasteiger partial charge in [-0.1, -0.05) is 0 Å². The minimum Gasteiger partial charge on any atom is -0.303 e. The SMILES string of the molecule is CC(NCc1cc(-c2ccc(F)cc2)n[nH]1)c1ccn(C)n1. The summed E-state index contributed by atoms with van der Waals surface area (Å²) in [5.41, 5.74) is 3.67. The van der Waals surface area contributed by atoms with Crippen LogP contribution in [0.4, 0.5) is 4.39 Å². The van der Waals surface area contributed by atoms with Gasteiger partial charge in [-0.05, 0) is 43.3 Å². The van der Waals surface area contributed by atoms with E-state index in [-0.39, 0.29) is 11.9 Å². The number of H-pyrrole nitrogens is 1. The van der Waals surface area contributed by atoms with Crippen molar-refractivity contribution in [1.82, 2.24) is 25.3 Å². The summed E-state index contributed by atoms with van der Waals surface area (Å²) in [7, 11) is 1.90. The number of nitrogens with zero attached hydrogens (tertiary/aromatic N) is 3. The molecule has 1 unspecified atom stereocenters. The summed E-state index contributed by atoms with van der Waals surface area (Å²) in [5.74, 6) is -0.245. The van der Waals surface area contributed by atoms with E-state index in [4.69, 9.17) is 0 Å². The topological polar surface area (TPSA) is 58.5 Å². The maximum atomic E-state index is 12.9. The lowest BCUT2D eigenvalue weighted by Crippen LogP contribution is -2.18. The first-order valence-electron chi connectivity index (χ1n) is 7.15. The Balaban J connectivity index is 1.63. The Morgan fingerprint density at radius 3 is 2.73 bits per heavy atom. The molecule has 5 nitrogen and oxygen atoms in total. The van der Waals surface area contributed by atoms with Crippen LogP contribution in [0.5, 0.6) is 0 Å². The first-order chi connectivity index (χ1) is 10.6. The molecule has 0 fully saturated rings. The monoisotopic (exact) mass is 299 g/mol. The summed E-state index contributed by atoms with van der Waals surface area (Å²) < 4.78 is 14.7. The van der Waals surface area contributed by atoms with E-state index < -0.39 is 0 Å². The van der Waals surface area contributed by atoms with Crippen LogP contribution in [-0.2, 0) is 13.6 Å². The van der Waals surface area contributed by atoms with Crippen molar-refractivity contribution in [3.8, 4) is 11.3 Å². The van der Waals surface area contributed by atoms with Gasteiger partial charge in [-0.15, -0.1) is 0 Å². The van der Waals surface area contributed by atoms with E-state index in [0.29, 0.717) is 6.54 Å². The minimum absolute atomic E-state index is 0.152. The molecule has 0 saturated carbocycles. The van der Waals surface area contributed by atoms with E-state index in [9.17, 15) is 4.39 Å². The molecule has 22 heavy (non-hydrogen) atoms. The third-order valence-corrected chi connectivity index (χ3v) is 3.55. The predicted octanol–water partition coefficient (Wildman–Crippen LogP) is 2.80. The second kappa shape index (κ2) is 6.11. The predicted molar refractivity (Wildman–Crippen MR) is 82.4 cm³/mol. The molecule has 6 heteroatoms. The van der Waals surface area contributed by atoms with Crippen LogP contribution >= 0.6 is 0 Å². The zero-order valence-electron chi connectivity index (χ0n) is 12.5. The van der Waals surface area contributed by atoms with Gasteiger partial charge in [-0.2, -0.15) is 10.2 Å². The molecular formula is C16H18FN5. The normalized spacial score (nSPS) is 12.5. The number of hydrogen-bond acceptors (Lipinski definition) is 3.